The van der Waals surface area contributed by atoms with E-state index in [2.05, 4.69) is 10.3 Å². The summed E-state index contributed by atoms with van der Waals surface area (Å²) in [6, 6.07) is 12.6. The van der Waals surface area contributed by atoms with E-state index in [0.29, 0.717) is 32.3 Å². The first-order valence-corrected chi connectivity index (χ1v) is 8.56. The number of nitrogens with one attached hydrogen (secondary N) is 1. The van der Waals surface area contributed by atoms with Crippen molar-refractivity contribution in [3.8, 4) is 11.5 Å². The number of rotatable bonds is 4. The summed E-state index contributed by atoms with van der Waals surface area (Å²) < 4.78 is 10.5. The Bertz CT molecular complexity index is 880. The van der Waals surface area contributed by atoms with Gasteiger partial charge in [-0.05, 0) is 41.6 Å². The van der Waals surface area contributed by atoms with Gasteiger partial charge in [0.2, 0.25) is 0 Å². The minimum Gasteiger partial charge on any atom is -0.497 e. The fourth-order valence-electron chi connectivity index (χ4n) is 2.20. The van der Waals surface area contributed by atoms with E-state index in [0.717, 1.165) is 5.56 Å². The molecule has 0 atom stereocenters. The third-order valence-corrected chi connectivity index (χ3v) is 4.71. The minimum atomic E-state index is -0.212. The maximum atomic E-state index is 12.2. The fourth-order valence-corrected chi connectivity index (χ4v) is 3.22. The summed E-state index contributed by atoms with van der Waals surface area (Å²) in [5.41, 5.74) is 1.38. The van der Waals surface area contributed by atoms with Gasteiger partial charge in [-0.1, -0.05) is 29.8 Å². The standard InChI is InChI=1S/C18H15ClN2O3S/c1-23-12-7-8-14(15(10-12)24-2)20-18-21-17(22)16(25-18)9-11-5-3-4-6-13(11)19/h3-10H,1-2H3,(H,20,21,22)/b16-9-. The van der Waals surface area contributed by atoms with Crippen LogP contribution >= 0.6 is 23.4 Å². The highest BCUT2D eigenvalue weighted by Crippen LogP contribution is 2.34. The third kappa shape index (κ3) is 3.97. The number of hydrogen-bond donors (Lipinski definition) is 1. The van der Waals surface area contributed by atoms with E-state index in [9.17, 15) is 4.79 Å². The van der Waals surface area contributed by atoms with E-state index in [1.165, 1.54) is 11.8 Å². The Morgan fingerprint density at radius 3 is 2.68 bits per heavy atom. The van der Waals surface area contributed by atoms with Gasteiger partial charge in [0.15, 0.2) is 5.17 Å². The smallest absolute Gasteiger partial charge is 0.264 e. The van der Waals surface area contributed by atoms with Crippen molar-refractivity contribution in [3.63, 3.8) is 0 Å². The van der Waals surface area contributed by atoms with Crippen molar-refractivity contribution in [2.75, 3.05) is 14.2 Å². The van der Waals surface area contributed by atoms with Gasteiger partial charge in [0.05, 0.1) is 19.1 Å². The zero-order chi connectivity index (χ0) is 17.8. The molecule has 0 unspecified atom stereocenters. The average Bonchev–Trinajstić information content (AvgIpc) is 2.96. The molecule has 0 radical (unpaired) electrons. The van der Waals surface area contributed by atoms with E-state index >= 15 is 0 Å². The van der Waals surface area contributed by atoms with Gasteiger partial charge < -0.3 is 14.8 Å². The molecule has 0 aliphatic carbocycles. The first-order chi connectivity index (χ1) is 12.1. The highest BCUT2D eigenvalue weighted by atomic mass is 35.5. The Labute approximate surface area is 154 Å². The summed E-state index contributed by atoms with van der Waals surface area (Å²) in [6.07, 6.45) is 1.75. The molecular formula is C18H15ClN2O3S. The molecule has 1 N–H and O–H groups in total. The zero-order valence-corrected chi connectivity index (χ0v) is 15.1. The van der Waals surface area contributed by atoms with Crippen molar-refractivity contribution in [1.29, 1.82) is 0 Å². The van der Waals surface area contributed by atoms with Crippen molar-refractivity contribution in [2.45, 2.75) is 0 Å². The number of thioether (sulfide) groups is 1. The minimum absolute atomic E-state index is 0.212. The summed E-state index contributed by atoms with van der Waals surface area (Å²) >= 11 is 7.39. The molecular weight excluding hydrogens is 360 g/mol. The summed E-state index contributed by atoms with van der Waals surface area (Å²) in [5, 5.41) is 3.81. The Morgan fingerprint density at radius 1 is 1.16 bits per heavy atom. The van der Waals surface area contributed by atoms with E-state index in [-0.39, 0.29) is 5.91 Å². The van der Waals surface area contributed by atoms with E-state index in [4.69, 9.17) is 21.1 Å². The van der Waals surface area contributed by atoms with Crippen LogP contribution in [0.1, 0.15) is 5.56 Å². The first kappa shape index (κ1) is 17.4. The van der Waals surface area contributed by atoms with Crippen molar-refractivity contribution in [1.82, 2.24) is 5.32 Å². The van der Waals surface area contributed by atoms with Crippen LogP contribution in [0, 0.1) is 0 Å². The fraction of sp³-hybridized carbons (Fsp3) is 0.111. The molecule has 3 rings (SSSR count). The Morgan fingerprint density at radius 2 is 1.96 bits per heavy atom. The van der Waals surface area contributed by atoms with Crippen LogP contribution in [-0.2, 0) is 4.79 Å². The molecule has 25 heavy (non-hydrogen) atoms. The number of carbonyl (C=O) groups is 1. The summed E-state index contributed by atoms with van der Waals surface area (Å²) in [4.78, 5) is 17.2. The number of hydrogen-bond acceptors (Lipinski definition) is 5. The summed E-state index contributed by atoms with van der Waals surface area (Å²) in [6.45, 7) is 0. The molecule has 1 heterocycles. The van der Waals surface area contributed by atoms with Crippen LogP contribution in [0.5, 0.6) is 11.5 Å². The molecule has 1 aliphatic rings. The Hall–Kier alpha value is -2.44. The number of amidine groups is 1. The first-order valence-electron chi connectivity index (χ1n) is 7.37. The number of amides is 1. The van der Waals surface area contributed by atoms with Crippen LogP contribution in [0.2, 0.25) is 5.02 Å². The van der Waals surface area contributed by atoms with Crippen LogP contribution < -0.4 is 14.8 Å². The largest absolute Gasteiger partial charge is 0.497 e. The zero-order valence-electron chi connectivity index (χ0n) is 13.6. The van der Waals surface area contributed by atoms with Gasteiger partial charge in [-0.2, -0.15) is 0 Å². The average molecular weight is 375 g/mol. The third-order valence-electron chi connectivity index (χ3n) is 3.45. The molecule has 0 spiro atoms. The Balaban J connectivity index is 1.88. The number of benzene rings is 2. The highest BCUT2D eigenvalue weighted by molar-refractivity contribution is 8.18. The number of methoxy groups -OCH3 is 2. The summed E-state index contributed by atoms with van der Waals surface area (Å²) in [7, 11) is 3.14. The molecule has 0 saturated carbocycles. The molecule has 2 aromatic rings. The monoisotopic (exact) mass is 374 g/mol. The van der Waals surface area contributed by atoms with Crippen LogP contribution in [0.4, 0.5) is 5.69 Å². The van der Waals surface area contributed by atoms with Gasteiger partial charge in [-0.3, -0.25) is 4.79 Å². The second-order valence-electron chi connectivity index (χ2n) is 5.04. The molecule has 1 aliphatic heterocycles. The van der Waals surface area contributed by atoms with Gasteiger partial charge in [-0.25, -0.2) is 4.99 Å². The molecule has 5 nitrogen and oxygen atoms in total. The molecule has 1 amide bonds. The van der Waals surface area contributed by atoms with Gasteiger partial charge >= 0.3 is 0 Å². The van der Waals surface area contributed by atoms with E-state index < -0.39 is 0 Å². The van der Waals surface area contributed by atoms with E-state index in [1.54, 1.807) is 44.6 Å². The second kappa shape index (κ2) is 7.63. The van der Waals surface area contributed by atoms with Gasteiger partial charge in [0, 0.05) is 11.1 Å². The number of aliphatic imine (C=N–C) groups is 1. The molecule has 7 heteroatoms. The molecule has 0 bridgehead atoms. The molecule has 1 fully saturated rings. The number of ether oxygens (including phenoxy) is 2. The van der Waals surface area contributed by atoms with Gasteiger partial charge in [0.25, 0.3) is 5.91 Å². The predicted molar refractivity (Wildman–Crippen MR) is 102 cm³/mol. The second-order valence-corrected chi connectivity index (χ2v) is 6.48. The van der Waals surface area contributed by atoms with Crippen LogP contribution in [0.3, 0.4) is 0 Å². The van der Waals surface area contributed by atoms with Crippen molar-refractivity contribution < 1.29 is 14.3 Å². The Kier molecular flexibility index (Phi) is 5.31. The SMILES string of the molecule is COc1ccc(N=C2NC(=O)/C(=C/c3ccccc3Cl)S2)c(OC)c1. The van der Waals surface area contributed by atoms with E-state index in [1.807, 2.05) is 18.2 Å². The number of carbonyl (C=O) groups excluding carboxylic acids is 1. The molecule has 2 aromatic carbocycles. The lowest BCUT2D eigenvalue weighted by atomic mass is 10.2. The van der Waals surface area contributed by atoms with Crippen molar-refractivity contribution in [2.24, 2.45) is 4.99 Å². The lowest BCUT2D eigenvalue weighted by molar-refractivity contribution is -0.115. The molecule has 1 saturated heterocycles. The number of halogens is 1. The maximum absolute atomic E-state index is 12.2. The molecule has 0 aromatic heterocycles. The maximum Gasteiger partial charge on any atom is 0.264 e. The quantitative estimate of drug-likeness (QED) is 0.813. The van der Waals surface area contributed by atoms with Crippen LogP contribution in [-0.4, -0.2) is 25.3 Å². The normalized spacial score (nSPS) is 17.0. The topological polar surface area (TPSA) is 59.9 Å². The number of nitrogens with zero attached hydrogens (tertiary/aromatic N) is 1. The van der Waals surface area contributed by atoms with Crippen LogP contribution in [0.25, 0.3) is 6.08 Å². The van der Waals surface area contributed by atoms with Gasteiger partial charge in [0.1, 0.15) is 17.2 Å². The van der Waals surface area contributed by atoms with Crippen molar-refractivity contribution >= 4 is 46.2 Å². The predicted octanol–water partition coefficient (Wildman–Crippen LogP) is 4.25. The lowest BCUT2D eigenvalue weighted by Crippen LogP contribution is -2.19. The van der Waals surface area contributed by atoms with Crippen molar-refractivity contribution in [3.05, 3.63) is 58.0 Å². The van der Waals surface area contributed by atoms with Crippen LogP contribution in [0.15, 0.2) is 52.4 Å². The summed E-state index contributed by atoms with van der Waals surface area (Å²) in [5.74, 6) is 1.02. The lowest BCUT2D eigenvalue weighted by Gasteiger charge is -2.07. The highest BCUT2D eigenvalue weighted by Gasteiger charge is 2.24. The molecule has 128 valence electrons. The van der Waals surface area contributed by atoms with Gasteiger partial charge in [-0.15, -0.1) is 0 Å².